The van der Waals surface area contributed by atoms with Crippen LogP contribution in [0, 0.1) is 0 Å². The van der Waals surface area contributed by atoms with E-state index in [1.54, 1.807) is 0 Å². The zero-order chi connectivity index (χ0) is 46.7. The number of carbonyl (C=O) groups is 2. The summed E-state index contributed by atoms with van der Waals surface area (Å²) in [6.45, 7) is 6.43. The van der Waals surface area contributed by atoms with Crippen LogP contribution in [0.15, 0.2) is 60.8 Å². The second kappa shape index (κ2) is 51.5. The number of nitrogens with one attached hydrogen (secondary N) is 1. The number of allylic oxidation sites excluding steroid dienone is 10. The third kappa shape index (κ3) is 46.1. The van der Waals surface area contributed by atoms with Crippen LogP contribution in [0.2, 0.25) is 0 Å². The molecule has 0 aromatic carbocycles. The fourth-order valence-corrected chi connectivity index (χ4v) is 8.20. The summed E-state index contributed by atoms with van der Waals surface area (Å²) in [6, 6.07) is -0.715. The van der Waals surface area contributed by atoms with Gasteiger partial charge in [-0.1, -0.05) is 242 Å². The SMILES string of the molecule is CCCCC/C=C/C=C/C=C/C=C/CCCCCC(CC(=O)NC(CO)C(O)CCCCCCCCCCCC)OC(=O)CCCCCCCCCCC/C=C/CCCCCCCC. The Morgan fingerprint density at radius 2 is 0.812 bits per heavy atom. The first-order valence-electron chi connectivity index (χ1n) is 27.6. The summed E-state index contributed by atoms with van der Waals surface area (Å²) < 4.78 is 5.93. The zero-order valence-electron chi connectivity index (χ0n) is 42.4. The summed E-state index contributed by atoms with van der Waals surface area (Å²) in [5.74, 6) is -0.510. The highest BCUT2D eigenvalue weighted by Gasteiger charge is 2.24. The molecular formula is C58H105NO5. The average molecular weight is 896 g/mol. The highest BCUT2D eigenvalue weighted by atomic mass is 16.5. The van der Waals surface area contributed by atoms with E-state index in [-0.39, 0.29) is 24.9 Å². The van der Waals surface area contributed by atoms with E-state index in [2.05, 4.69) is 86.8 Å². The highest BCUT2D eigenvalue weighted by molar-refractivity contribution is 5.77. The van der Waals surface area contributed by atoms with Gasteiger partial charge in [0.25, 0.3) is 0 Å². The van der Waals surface area contributed by atoms with Gasteiger partial charge in [0.15, 0.2) is 0 Å². The van der Waals surface area contributed by atoms with Crippen LogP contribution in [0.25, 0.3) is 0 Å². The standard InChI is InChI=1S/C58H105NO5/c1-4-7-10-13-16-19-22-24-26-28-29-30-32-34-36-39-42-45-48-51-58(63)64-54(49-46-43-40-37-35-33-31-27-25-23-20-17-14-11-8-5-2)52-57(62)59-55(53-60)56(61)50-47-44-41-38-21-18-15-12-9-6-3/h17,20,23-27,31,33,35,54-56,60-61H,4-16,18-19,21-22,28-30,32,34,36-53H2,1-3H3,(H,59,62)/b20-17+,25-23+,26-24+,31-27+,35-33+. The molecule has 0 radical (unpaired) electrons. The summed E-state index contributed by atoms with van der Waals surface area (Å²) in [5.41, 5.74) is 0. The molecule has 0 aromatic rings. The molecule has 0 saturated carbocycles. The van der Waals surface area contributed by atoms with Gasteiger partial charge in [-0.15, -0.1) is 0 Å². The van der Waals surface area contributed by atoms with Crippen molar-refractivity contribution < 1.29 is 24.5 Å². The van der Waals surface area contributed by atoms with Crippen molar-refractivity contribution in [2.45, 2.75) is 289 Å². The van der Waals surface area contributed by atoms with Crippen molar-refractivity contribution in [3.05, 3.63) is 60.8 Å². The molecule has 0 bridgehead atoms. The number of hydrogen-bond acceptors (Lipinski definition) is 5. The van der Waals surface area contributed by atoms with Gasteiger partial charge in [0.1, 0.15) is 6.10 Å². The Balaban J connectivity index is 4.61. The van der Waals surface area contributed by atoms with Crippen molar-refractivity contribution in [2.24, 2.45) is 0 Å². The van der Waals surface area contributed by atoms with Gasteiger partial charge in [-0.05, 0) is 77.0 Å². The minimum absolute atomic E-state index is 0.0504. The fraction of sp³-hybridized carbons (Fsp3) is 0.793. The van der Waals surface area contributed by atoms with Crippen molar-refractivity contribution in [2.75, 3.05) is 6.61 Å². The lowest BCUT2D eigenvalue weighted by Gasteiger charge is -2.24. The average Bonchev–Trinajstić information content (AvgIpc) is 3.29. The number of carbonyl (C=O) groups excluding carboxylic acids is 2. The number of ether oxygens (including phenoxy) is 1. The second-order valence-electron chi connectivity index (χ2n) is 18.7. The Morgan fingerprint density at radius 3 is 1.30 bits per heavy atom. The van der Waals surface area contributed by atoms with Crippen molar-refractivity contribution in [3.63, 3.8) is 0 Å². The summed E-state index contributed by atoms with van der Waals surface area (Å²) in [5, 5.41) is 23.7. The van der Waals surface area contributed by atoms with Crippen molar-refractivity contribution in [1.29, 1.82) is 0 Å². The van der Waals surface area contributed by atoms with Gasteiger partial charge in [-0.2, -0.15) is 0 Å². The summed E-state index contributed by atoms with van der Waals surface area (Å²) >= 11 is 0. The van der Waals surface area contributed by atoms with Gasteiger partial charge in [-0.25, -0.2) is 0 Å². The van der Waals surface area contributed by atoms with Crippen molar-refractivity contribution >= 4 is 11.9 Å². The van der Waals surface area contributed by atoms with Crippen LogP contribution in [0.4, 0.5) is 0 Å². The molecule has 0 saturated heterocycles. The maximum absolute atomic E-state index is 13.2. The van der Waals surface area contributed by atoms with Gasteiger partial charge in [0, 0.05) is 6.42 Å². The number of unbranched alkanes of at least 4 members (excludes halogenated alkanes) is 30. The van der Waals surface area contributed by atoms with Crippen LogP contribution < -0.4 is 5.32 Å². The summed E-state index contributed by atoms with van der Waals surface area (Å²) in [7, 11) is 0. The Hall–Kier alpha value is -2.44. The Bertz CT molecular complexity index is 1140. The van der Waals surface area contributed by atoms with E-state index < -0.39 is 18.2 Å². The van der Waals surface area contributed by atoms with E-state index in [4.69, 9.17) is 4.74 Å². The van der Waals surface area contributed by atoms with E-state index in [1.807, 2.05) is 0 Å². The molecule has 3 N–H and O–H groups in total. The van der Waals surface area contributed by atoms with Crippen LogP contribution in [-0.2, 0) is 14.3 Å². The number of rotatable bonds is 49. The highest BCUT2D eigenvalue weighted by Crippen LogP contribution is 2.18. The molecule has 0 heterocycles. The predicted octanol–water partition coefficient (Wildman–Crippen LogP) is 16.8. The number of aliphatic hydroxyl groups is 2. The Kier molecular flexibility index (Phi) is 49.6. The Morgan fingerprint density at radius 1 is 0.453 bits per heavy atom. The van der Waals surface area contributed by atoms with E-state index in [9.17, 15) is 19.8 Å². The molecule has 0 aliphatic rings. The first kappa shape index (κ1) is 61.6. The molecule has 0 aromatic heterocycles. The minimum Gasteiger partial charge on any atom is -0.462 e. The van der Waals surface area contributed by atoms with Gasteiger partial charge >= 0.3 is 5.97 Å². The predicted molar refractivity (Wildman–Crippen MR) is 278 cm³/mol. The number of aliphatic hydroxyl groups excluding tert-OH is 2. The smallest absolute Gasteiger partial charge is 0.306 e. The van der Waals surface area contributed by atoms with E-state index >= 15 is 0 Å². The molecule has 0 rings (SSSR count). The van der Waals surface area contributed by atoms with Crippen molar-refractivity contribution in [3.8, 4) is 0 Å². The van der Waals surface area contributed by atoms with Crippen LogP contribution >= 0.6 is 0 Å². The third-order valence-corrected chi connectivity index (χ3v) is 12.4. The largest absolute Gasteiger partial charge is 0.462 e. The quantitative estimate of drug-likeness (QED) is 0.0245. The molecule has 3 atom stereocenters. The molecule has 1 amide bonds. The maximum atomic E-state index is 13.2. The van der Waals surface area contributed by atoms with E-state index in [0.29, 0.717) is 19.3 Å². The van der Waals surface area contributed by atoms with Crippen LogP contribution in [0.5, 0.6) is 0 Å². The molecule has 0 spiro atoms. The molecule has 0 fully saturated rings. The summed E-state index contributed by atoms with van der Waals surface area (Å²) in [6.07, 6.45) is 64.3. The lowest BCUT2D eigenvalue weighted by Crippen LogP contribution is -2.46. The van der Waals surface area contributed by atoms with Crippen molar-refractivity contribution in [1.82, 2.24) is 5.32 Å². The van der Waals surface area contributed by atoms with Crippen LogP contribution in [-0.4, -0.2) is 46.9 Å². The number of esters is 1. The number of amides is 1. The number of hydrogen-bond donors (Lipinski definition) is 3. The monoisotopic (exact) mass is 896 g/mol. The van der Waals surface area contributed by atoms with Gasteiger partial charge in [0.2, 0.25) is 5.91 Å². The third-order valence-electron chi connectivity index (χ3n) is 12.4. The molecule has 0 aliphatic heterocycles. The lowest BCUT2D eigenvalue weighted by molar-refractivity contribution is -0.151. The van der Waals surface area contributed by atoms with E-state index in [0.717, 1.165) is 70.6 Å². The molecule has 3 unspecified atom stereocenters. The van der Waals surface area contributed by atoms with E-state index in [1.165, 1.54) is 154 Å². The van der Waals surface area contributed by atoms with Gasteiger partial charge in [0.05, 0.1) is 25.2 Å². The second-order valence-corrected chi connectivity index (χ2v) is 18.7. The van der Waals surface area contributed by atoms with Gasteiger partial charge in [-0.3, -0.25) is 9.59 Å². The molecule has 6 nitrogen and oxygen atoms in total. The molecule has 6 heteroatoms. The van der Waals surface area contributed by atoms with Crippen LogP contribution in [0.3, 0.4) is 0 Å². The first-order valence-corrected chi connectivity index (χ1v) is 27.6. The van der Waals surface area contributed by atoms with Gasteiger partial charge < -0.3 is 20.3 Å². The Labute approximate surface area is 397 Å². The normalized spacial score (nSPS) is 13.6. The lowest BCUT2D eigenvalue weighted by atomic mass is 10.0. The minimum atomic E-state index is -0.799. The zero-order valence-corrected chi connectivity index (χ0v) is 42.4. The maximum Gasteiger partial charge on any atom is 0.306 e. The molecule has 0 aliphatic carbocycles. The first-order chi connectivity index (χ1) is 31.5. The topological polar surface area (TPSA) is 95.9 Å². The molecular weight excluding hydrogens is 791 g/mol. The molecule has 64 heavy (non-hydrogen) atoms. The fourth-order valence-electron chi connectivity index (χ4n) is 8.20. The summed E-state index contributed by atoms with van der Waals surface area (Å²) in [4.78, 5) is 26.2. The van der Waals surface area contributed by atoms with Crippen LogP contribution in [0.1, 0.15) is 271 Å². The molecule has 372 valence electrons.